The molecule has 0 fully saturated rings. The van der Waals surface area contributed by atoms with Gasteiger partial charge in [0.1, 0.15) is 0 Å². The molecule has 0 radical (unpaired) electrons. The second-order valence-electron chi connectivity index (χ2n) is 4.34. The minimum atomic E-state index is -1.12. The van der Waals surface area contributed by atoms with Gasteiger partial charge >= 0.3 is 11.9 Å². The first kappa shape index (κ1) is 19.1. The Labute approximate surface area is 143 Å². The van der Waals surface area contributed by atoms with Crippen LogP contribution in [-0.4, -0.2) is 25.2 Å². The smallest absolute Gasteiger partial charge is 0.320 e. The summed E-state index contributed by atoms with van der Waals surface area (Å²) in [4.78, 5) is 23.9. The third-order valence-corrected chi connectivity index (χ3v) is 3.35. The molecule has 0 spiro atoms. The van der Waals surface area contributed by atoms with Crippen molar-refractivity contribution < 1.29 is 23.8 Å². The van der Waals surface area contributed by atoms with Crippen LogP contribution in [0, 0.1) is 17.4 Å². The zero-order chi connectivity index (χ0) is 17.4. The lowest BCUT2D eigenvalue weighted by molar-refractivity contribution is -0.161. The van der Waals surface area contributed by atoms with E-state index in [0.717, 1.165) is 0 Å². The van der Waals surface area contributed by atoms with Crippen LogP contribution in [0.1, 0.15) is 19.4 Å². The van der Waals surface area contributed by atoms with Gasteiger partial charge < -0.3 is 14.2 Å². The Morgan fingerprint density at radius 3 is 2.00 bits per heavy atom. The van der Waals surface area contributed by atoms with Crippen LogP contribution in [0.2, 0.25) is 10.0 Å². The highest BCUT2D eigenvalue weighted by atomic mass is 35.5. The lowest BCUT2D eigenvalue weighted by Gasteiger charge is -2.15. The van der Waals surface area contributed by atoms with E-state index in [0.29, 0.717) is 5.56 Å². The van der Waals surface area contributed by atoms with Gasteiger partial charge in [0, 0.05) is 0 Å². The largest absolute Gasteiger partial charge is 0.465 e. The highest BCUT2D eigenvalue weighted by Gasteiger charge is 2.30. The standard InChI is InChI=1S/C15H15Cl2NO5/c1-3-21-14(19)10(15(20)22-4-2)5-9-6-11(16)13(23-8-18)12(17)7-9/h6-7,10H,3-5H2,1-2H3. The van der Waals surface area contributed by atoms with Crippen LogP contribution in [-0.2, 0) is 25.5 Å². The first-order valence-corrected chi connectivity index (χ1v) is 7.57. The normalized spacial score (nSPS) is 10.1. The summed E-state index contributed by atoms with van der Waals surface area (Å²) in [5.41, 5.74) is 0.511. The van der Waals surface area contributed by atoms with Crippen LogP contribution in [0.15, 0.2) is 12.1 Å². The van der Waals surface area contributed by atoms with Gasteiger partial charge in [0.15, 0.2) is 11.7 Å². The molecule has 0 bridgehead atoms. The molecule has 6 nitrogen and oxygen atoms in total. The Kier molecular flexibility index (Phi) is 7.66. The number of benzene rings is 1. The monoisotopic (exact) mass is 359 g/mol. The summed E-state index contributed by atoms with van der Waals surface area (Å²) < 4.78 is 14.4. The quantitative estimate of drug-likeness (QED) is 0.422. The summed E-state index contributed by atoms with van der Waals surface area (Å²) in [6, 6.07) is 2.93. The topological polar surface area (TPSA) is 85.6 Å². The SMILES string of the molecule is CCOC(=O)C(Cc1cc(Cl)c(OC#N)c(Cl)c1)C(=O)OCC. The highest BCUT2D eigenvalue weighted by Crippen LogP contribution is 2.34. The van der Waals surface area contributed by atoms with Crippen LogP contribution < -0.4 is 4.74 Å². The van der Waals surface area contributed by atoms with Crippen LogP contribution in [0.5, 0.6) is 5.75 Å². The van der Waals surface area contributed by atoms with Crippen molar-refractivity contribution in [1.82, 2.24) is 0 Å². The lowest BCUT2D eigenvalue weighted by Crippen LogP contribution is -2.30. The van der Waals surface area contributed by atoms with E-state index in [4.69, 9.17) is 37.9 Å². The first-order chi connectivity index (χ1) is 10.9. The Morgan fingerprint density at radius 1 is 1.13 bits per heavy atom. The zero-order valence-electron chi connectivity index (χ0n) is 12.6. The molecule has 124 valence electrons. The molecule has 1 aromatic carbocycles. The van der Waals surface area contributed by atoms with Crippen molar-refractivity contribution in [3.63, 3.8) is 0 Å². The summed E-state index contributed by atoms with van der Waals surface area (Å²) in [5, 5.41) is 8.73. The predicted molar refractivity (Wildman–Crippen MR) is 83.2 cm³/mol. The van der Waals surface area contributed by atoms with Gasteiger partial charge in [0.2, 0.25) is 0 Å². The van der Waals surface area contributed by atoms with Crippen molar-refractivity contribution in [2.75, 3.05) is 13.2 Å². The third-order valence-electron chi connectivity index (χ3n) is 2.79. The molecule has 8 heteroatoms. The van der Waals surface area contributed by atoms with E-state index in [1.807, 2.05) is 0 Å². The fourth-order valence-corrected chi connectivity index (χ4v) is 2.47. The number of nitriles is 1. The van der Waals surface area contributed by atoms with Crippen molar-refractivity contribution in [1.29, 1.82) is 5.26 Å². The molecule has 0 aliphatic heterocycles. The summed E-state index contributed by atoms with van der Waals surface area (Å²) in [5.74, 6) is -2.47. The number of esters is 2. The van der Waals surface area contributed by atoms with Gasteiger partial charge in [-0.25, -0.2) is 0 Å². The molecule has 0 saturated heterocycles. The van der Waals surface area contributed by atoms with Crippen molar-refractivity contribution >= 4 is 35.1 Å². The maximum Gasteiger partial charge on any atom is 0.320 e. The van der Waals surface area contributed by atoms with Crippen LogP contribution >= 0.6 is 23.2 Å². The number of rotatable bonds is 7. The Hall–Kier alpha value is -1.97. The third kappa shape index (κ3) is 5.31. The van der Waals surface area contributed by atoms with Gasteiger partial charge in [-0.05, 0) is 38.0 Å². The van der Waals surface area contributed by atoms with E-state index >= 15 is 0 Å². The van der Waals surface area contributed by atoms with Crippen LogP contribution in [0.3, 0.4) is 0 Å². The molecule has 0 saturated carbocycles. The molecular weight excluding hydrogens is 345 g/mol. The molecule has 0 aliphatic carbocycles. The summed E-state index contributed by atoms with van der Waals surface area (Å²) in [6.07, 6.45) is 1.48. The number of carbonyl (C=O) groups excluding carboxylic acids is 2. The average molecular weight is 360 g/mol. The molecule has 0 unspecified atom stereocenters. The molecule has 23 heavy (non-hydrogen) atoms. The number of halogens is 2. The molecule has 0 aliphatic rings. The molecular formula is C15H15Cl2NO5. The molecule has 0 heterocycles. The first-order valence-electron chi connectivity index (χ1n) is 6.81. The molecule has 0 aromatic heterocycles. The van der Waals surface area contributed by atoms with Crippen molar-refractivity contribution in [2.45, 2.75) is 20.3 Å². The number of hydrogen-bond donors (Lipinski definition) is 0. The fraction of sp³-hybridized carbons (Fsp3) is 0.400. The maximum atomic E-state index is 11.9. The number of ether oxygens (including phenoxy) is 3. The fourth-order valence-electron chi connectivity index (χ4n) is 1.86. The van der Waals surface area contributed by atoms with Crippen molar-refractivity contribution in [3.05, 3.63) is 27.7 Å². The molecule has 0 N–H and O–H groups in total. The Balaban J connectivity index is 3.06. The summed E-state index contributed by atoms with van der Waals surface area (Å²) >= 11 is 12.0. The second-order valence-corrected chi connectivity index (χ2v) is 5.16. The number of nitrogens with zero attached hydrogens (tertiary/aromatic N) is 1. The van der Waals surface area contributed by atoms with Crippen molar-refractivity contribution in [3.8, 4) is 12.0 Å². The Morgan fingerprint density at radius 2 is 1.61 bits per heavy atom. The number of hydrogen-bond acceptors (Lipinski definition) is 6. The van der Waals surface area contributed by atoms with E-state index in [1.54, 1.807) is 13.8 Å². The summed E-state index contributed by atoms with van der Waals surface area (Å²) in [6.45, 7) is 3.57. The highest BCUT2D eigenvalue weighted by molar-refractivity contribution is 6.37. The van der Waals surface area contributed by atoms with Gasteiger partial charge in [-0.2, -0.15) is 0 Å². The summed E-state index contributed by atoms with van der Waals surface area (Å²) in [7, 11) is 0. The van der Waals surface area contributed by atoms with Crippen LogP contribution in [0.4, 0.5) is 0 Å². The van der Waals surface area contributed by atoms with Gasteiger partial charge in [-0.3, -0.25) is 9.59 Å². The average Bonchev–Trinajstić information content (AvgIpc) is 2.49. The Bertz CT molecular complexity index is 586. The van der Waals surface area contributed by atoms with Crippen LogP contribution in [0.25, 0.3) is 0 Å². The van der Waals surface area contributed by atoms with Gasteiger partial charge in [-0.15, -0.1) is 5.26 Å². The molecule has 0 amide bonds. The zero-order valence-corrected chi connectivity index (χ0v) is 14.1. The maximum absolute atomic E-state index is 11.9. The molecule has 1 rings (SSSR count). The van der Waals surface area contributed by atoms with E-state index in [1.165, 1.54) is 18.4 Å². The van der Waals surface area contributed by atoms with Gasteiger partial charge in [0.25, 0.3) is 6.26 Å². The van der Waals surface area contributed by atoms with E-state index in [2.05, 4.69) is 4.74 Å². The van der Waals surface area contributed by atoms with E-state index in [9.17, 15) is 9.59 Å². The molecule has 0 atom stereocenters. The molecule has 1 aromatic rings. The van der Waals surface area contributed by atoms with E-state index in [-0.39, 0.29) is 35.4 Å². The number of carbonyl (C=O) groups is 2. The van der Waals surface area contributed by atoms with Gasteiger partial charge in [-0.1, -0.05) is 23.2 Å². The van der Waals surface area contributed by atoms with Crippen molar-refractivity contribution in [2.24, 2.45) is 5.92 Å². The second kappa shape index (κ2) is 9.23. The lowest BCUT2D eigenvalue weighted by atomic mass is 9.99. The van der Waals surface area contributed by atoms with Gasteiger partial charge in [0.05, 0.1) is 23.3 Å². The minimum absolute atomic E-state index is 0.00391. The predicted octanol–water partition coefficient (Wildman–Crippen LogP) is 3.14. The van der Waals surface area contributed by atoms with E-state index < -0.39 is 17.9 Å². The minimum Gasteiger partial charge on any atom is -0.465 e.